The number of rotatable bonds is 1. The van der Waals surface area contributed by atoms with Crippen LogP contribution in [0.25, 0.3) is 0 Å². The van der Waals surface area contributed by atoms with Gasteiger partial charge in [0.2, 0.25) is 0 Å². The smallest absolute Gasteiger partial charge is 0.309 e. The summed E-state index contributed by atoms with van der Waals surface area (Å²) in [6.07, 6.45) is 6.83. The second-order valence-electron chi connectivity index (χ2n) is 5.48. The molecular weight excluding hydrogens is 216 g/mol. The molecule has 3 aliphatic rings. The molecule has 0 aromatic rings. The monoisotopic (exact) mass is 236 g/mol. The average Bonchev–Trinajstić information content (AvgIpc) is 2.61. The molecule has 0 spiro atoms. The van der Waals surface area contributed by atoms with Gasteiger partial charge in [-0.15, -0.1) is 0 Å². The Kier molecular flexibility index (Phi) is 2.60. The fourth-order valence-corrected chi connectivity index (χ4v) is 3.86. The van der Waals surface area contributed by atoms with E-state index in [-0.39, 0.29) is 18.0 Å². The van der Waals surface area contributed by atoms with Crippen molar-refractivity contribution in [1.29, 1.82) is 0 Å². The van der Waals surface area contributed by atoms with E-state index in [2.05, 4.69) is 0 Å². The van der Waals surface area contributed by atoms with E-state index in [1.54, 1.807) is 0 Å². The highest BCUT2D eigenvalue weighted by Crippen LogP contribution is 2.41. The van der Waals surface area contributed by atoms with E-state index in [4.69, 9.17) is 0 Å². The van der Waals surface area contributed by atoms with Gasteiger partial charge in [-0.3, -0.25) is 9.69 Å². The van der Waals surface area contributed by atoms with Gasteiger partial charge in [-0.05, 0) is 38.5 Å². The number of carbonyl (C=O) groups excluding carboxylic acids is 2. The third kappa shape index (κ3) is 1.49. The van der Waals surface area contributed by atoms with Gasteiger partial charge in [0.15, 0.2) is 0 Å². The highest BCUT2D eigenvalue weighted by molar-refractivity contribution is 6.04. The predicted octanol–water partition coefficient (Wildman–Crippen LogP) is 1.99. The first kappa shape index (κ1) is 11.1. The number of fused-ring (bicyclic) bond motifs is 3. The van der Waals surface area contributed by atoms with Gasteiger partial charge in [-0.25, -0.2) is 4.79 Å². The summed E-state index contributed by atoms with van der Waals surface area (Å²) in [7, 11) is 0. The normalized spacial score (nSPS) is 37.1. The second-order valence-corrected chi connectivity index (χ2v) is 5.48. The maximum atomic E-state index is 12.3. The molecule has 3 rings (SSSR count). The minimum atomic E-state index is -0.137. The highest BCUT2D eigenvalue weighted by atomic mass is 16.2. The molecule has 1 aliphatic carbocycles. The SMILES string of the molecule is CCN1C(=O)C2CCC3CCCCC3N2C1=O. The van der Waals surface area contributed by atoms with Crippen molar-refractivity contribution in [3.05, 3.63) is 0 Å². The molecule has 17 heavy (non-hydrogen) atoms. The molecule has 2 saturated heterocycles. The number of amides is 3. The lowest BCUT2D eigenvalue weighted by Gasteiger charge is -2.44. The van der Waals surface area contributed by atoms with E-state index in [0.717, 1.165) is 19.3 Å². The predicted molar refractivity (Wildman–Crippen MR) is 63.4 cm³/mol. The fraction of sp³-hybridized carbons (Fsp3) is 0.846. The summed E-state index contributed by atoms with van der Waals surface area (Å²) in [5.41, 5.74) is 0. The molecule has 3 atom stereocenters. The fourth-order valence-electron chi connectivity index (χ4n) is 3.86. The molecular formula is C13H20N2O2. The van der Waals surface area contributed by atoms with Crippen molar-refractivity contribution in [2.75, 3.05) is 6.54 Å². The highest BCUT2D eigenvalue weighted by Gasteiger charge is 2.51. The topological polar surface area (TPSA) is 40.6 Å². The Hall–Kier alpha value is -1.06. The zero-order valence-corrected chi connectivity index (χ0v) is 10.4. The lowest BCUT2D eigenvalue weighted by molar-refractivity contribution is -0.129. The second kappa shape index (κ2) is 4.00. The van der Waals surface area contributed by atoms with Crippen LogP contribution in [0, 0.1) is 5.92 Å². The molecule has 2 heterocycles. The largest absolute Gasteiger partial charge is 0.327 e. The van der Waals surface area contributed by atoms with Crippen LogP contribution in [0.2, 0.25) is 0 Å². The number of hydrogen-bond acceptors (Lipinski definition) is 2. The van der Waals surface area contributed by atoms with Crippen LogP contribution in [0.1, 0.15) is 45.4 Å². The van der Waals surface area contributed by atoms with Crippen molar-refractivity contribution in [2.45, 2.75) is 57.5 Å². The first-order chi connectivity index (χ1) is 8.24. The molecule has 94 valence electrons. The Balaban J connectivity index is 1.89. The van der Waals surface area contributed by atoms with Crippen LogP contribution in [0.5, 0.6) is 0 Å². The third-order valence-corrected chi connectivity index (χ3v) is 4.69. The van der Waals surface area contributed by atoms with Crippen LogP contribution in [0.15, 0.2) is 0 Å². The van der Waals surface area contributed by atoms with Gasteiger partial charge in [0.05, 0.1) is 0 Å². The lowest BCUT2D eigenvalue weighted by atomic mass is 9.77. The standard InChI is InChI=1S/C13H20N2O2/c1-2-14-12(16)11-8-7-9-5-3-4-6-10(9)15(11)13(14)17/h9-11H,2-8H2,1H3. The summed E-state index contributed by atoms with van der Waals surface area (Å²) in [6.45, 7) is 2.40. The van der Waals surface area contributed by atoms with Crippen molar-refractivity contribution in [2.24, 2.45) is 5.92 Å². The molecule has 0 N–H and O–H groups in total. The zero-order valence-electron chi connectivity index (χ0n) is 10.4. The molecule has 0 aromatic carbocycles. The average molecular weight is 236 g/mol. The van der Waals surface area contributed by atoms with E-state index in [1.807, 2.05) is 11.8 Å². The molecule has 3 amide bonds. The van der Waals surface area contributed by atoms with Gasteiger partial charge < -0.3 is 4.90 Å². The summed E-state index contributed by atoms with van der Waals surface area (Å²) < 4.78 is 0. The van der Waals surface area contributed by atoms with E-state index < -0.39 is 0 Å². The lowest BCUT2D eigenvalue weighted by Crippen LogP contribution is -2.52. The third-order valence-electron chi connectivity index (χ3n) is 4.69. The summed E-state index contributed by atoms with van der Waals surface area (Å²) in [5.74, 6) is 0.690. The number of urea groups is 1. The maximum Gasteiger partial charge on any atom is 0.327 e. The van der Waals surface area contributed by atoms with Crippen molar-refractivity contribution < 1.29 is 9.59 Å². The number of piperidine rings is 1. The molecule has 3 fully saturated rings. The van der Waals surface area contributed by atoms with Crippen LogP contribution >= 0.6 is 0 Å². The summed E-state index contributed by atoms with van der Waals surface area (Å²) >= 11 is 0. The van der Waals surface area contributed by atoms with Gasteiger partial charge in [0.1, 0.15) is 6.04 Å². The maximum absolute atomic E-state index is 12.3. The summed E-state index contributed by atoms with van der Waals surface area (Å²) in [5, 5.41) is 0. The Morgan fingerprint density at radius 1 is 1.12 bits per heavy atom. The number of likely N-dealkylation sites (N-methyl/N-ethyl adjacent to an activating group) is 1. The van der Waals surface area contributed by atoms with Gasteiger partial charge in [-0.2, -0.15) is 0 Å². The molecule has 4 nitrogen and oxygen atoms in total. The van der Waals surface area contributed by atoms with Crippen LogP contribution in [-0.4, -0.2) is 40.4 Å². The van der Waals surface area contributed by atoms with Crippen molar-refractivity contribution in [1.82, 2.24) is 9.80 Å². The summed E-state index contributed by atoms with van der Waals surface area (Å²) in [6, 6.07) is 0.177. The quantitative estimate of drug-likeness (QED) is 0.653. The Labute approximate surface area is 102 Å². The number of imide groups is 1. The molecule has 3 unspecified atom stereocenters. The molecule has 2 aliphatic heterocycles. The molecule has 1 saturated carbocycles. The molecule has 0 aromatic heterocycles. The minimum Gasteiger partial charge on any atom is -0.309 e. The van der Waals surface area contributed by atoms with E-state index in [0.29, 0.717) is 18.5 Å². The van der Waals surface area contributed by atoms with Gasteiger partial charge in [0.25, 0.3) is 5.91 Å². The van der Waals surface area contributed by atoms with E-state index in [1.165, 1.54) is 24.2 Å². The van der Waals surface area contributed by atoms with Gasteiger partial charge >= 0.3 is 6.03 Å². The molecule has 0 bridgehead atoms. The van der Waals surface area contributed by atoms with Crippen LogP contribution in [0.3, 0.4) is 0 Å². The Bertz CT molecular complexity index is 355. The van der Waals surface area contributed by atoms with Crippen molar-refractivity contribution >= 4 is 11.9 Å². The number of hydrogen-bond donors (Lipinski definition) is 0. The Morgan fingerprint density at radius 2 is 1.88 bits per heavy atom. The van der Waals surface area contributed by atoms with Crippen molar-refractivity contribution in [3.63, 3.8) is 0 Å². The zero-order chi connectivity index (χ0) is 12.0. The number of nitrogens with zero attached hydrogens (tertiary/aromatic N) is 2. The van der Waals surface area contributed by atoms with Crippen LogP contribution < -0.4 is 0 Å². The minimum absolute atomic E-state index is 0.0286. The van der Waals surface area contributed by atoms with Gasteiger partial charge in [-0.1, -0.05) is 12.8 Å². The summed E-state index contributed by atoms with van der Waals surface area (Å²) in [4.78, 5) is 27.7. The molecule has 0 radical (unpaired) electrons. The Morgan fingerprint density at radius 3 is 2.65 bits per heavy atom. The van der Waals surface area contributed by atoms with E-state index in [9.17, 15) is 9.59 Å². The van der Waals surface area contributed by atoms with E-state index >= 15 is 0 Å². The van der Waals surface area contributed by atoms with Crippen LogP contribution in [0.4, 0.5) is 4.79 Å². The van der Waals surface area contributed by atoms with Gasteiger partial charge in [0, 0.05) is 12.6 Å². The molecule has 4 heteroatoms. The number of carbonyl (C=O) groups is 2. The first-order valence-electron chi connectivity index (χ1n) is 6.87. The van der Waals surface area contributed by atoms with Crippen LogP contribution in [-0.2, 0) is 4.79 Å². The van der Waals surface area contributed by atoms with Crippen molar-refractivity contribution in [3.8, 4) is 0 Å². The first-order valence-corrected chi connectivity index (χ1v) is 6.87.